The van der Waals surface area contributed by atoms with Gasteiger partial charge in [-0.15, -0.1) is 0 Å². The summed E-state index contributed by atoms with van der Waals surface area (Å²) in [6, 6.07) is -0.836. The van der Waals surface area contributed by atoms with Gasteiger partial charge in [-0.3, -0.25) is 4.79 Å². The monoisotopic (exact) mass is 293 g/mol. The molecule has 0 aromatic carbocycles. The topological polar surface area (TPSA) is 95.5 Å². The van der Waals surface area contributed by atoms with Crippen LogP contribution in [0.1, 0.15) is 37.1 Å². The minimum Gasteiger partial charge on any atom is -0.480 e. The Balaban J connectivity index is 1.72. The van der Waals surface area contributed by atoms with Gasteiger partial charge in [-0.2, -0.15) is 0 Å². The van der Waals surface area contributed by atoms with Crippen LogP contribution in [-0.4, -0.2) is 50.6 Å². The number of carboxylic acids is 1. The lowest BCUT2D eigenvalue weighted by Crippen LogP contribution is -2.49. The predicted molar refractivity (Wildman–Crippen MR) is 72.5 cm³/mol. The first-order valence-electron chi connectivity index (χ1n) is 7.30. The molecule has 7 nitrogen and oxygen atoms in total. The standard InChI is InChI=1S/C14H19N3O4/c18-13(5-9-3-1-2-4-21-9)17-7-11-10(15-8-16-11)6-12(17)14(19)20/h8-9,12H,1-7H2,(H,15,16)(H,19,20). The number of fused-ring (bicyclic) bond motifs is 1. The van der Waals surface area contributed by atoms with Crippen LogP contribution in [0.5, 0.6) is 0 Å². The van der Waals surface area contributed by atoms with Gasteiger partial charge in [0.15, 0.2) is 0 Å². The lowest BCUT2D eigenvalue weighted by Gasteiger charge is -2.33. The molecule has 0 radical (unpaired) electrons. The highest BCUT2D eigenvalue weighted by Crippen LogP contribution is 2.24. The van der Waals surface area contributed by atoms with Crippen molar-refractivity contribution in [2.45, 2.75) is 50.8 Å². The normalized spacial score (nSPS) is 25.4. The molecule has 2 atom stereocenters. The van der Waals surface area contributed by atoms with Crippen molar-refractivity contribution < 1.29 is 19.4 Å². The van der Waals surface area contributed by atoms with E-state index in [0.717, 1.165) is 30.7 Å². The average Bonchev–Trinajstić information content (AvgIpc) is 2.94. The Kier molecular flexibility index (Phi) is 3.92. The van der Waals surface area contributed by atoms with Crippen molar-refractivity contribution in [3.63, 3.8) is 0 Å². The van der Waals surface area contributed by atoms with Crippen LogP contribution in [0.3, 0.4) is 0 Å². The second-order valence-corrected chi connectivity index (χ2v) is 5.60. The first-order chi connectivity index (χ1) is 10.1. The number of hydrogen-bond acceptors (Lipinski definition) is 4. The first-order valence-corrected chi connectivity index (χ1v) is 7.30. The molecule has 2 aliphatic rings. The molecule has 3 rings (SSSR count). The Morgan fingerprint density at radius 2 is 2.33 bits per heavy atom. The highest BCUT2D eigenvalue weighted by Gasteiger charge is 2.36. The number of nitrogens with one attached hydrogen (secondary N) is 1. The van der Waals surface area contributed by atoms with Crippen molar-refractivity contribution in [1.29, 1.82) is 0 Å². The maximum Gasteiger partial charge on any atom is 0.326 e. The van der Waals surface area contributed by atoms with Crippen LogP contribution in [0.25, 0.3) is 0 Å². The Bertz CT molecular complexity index is 536. The predicted octanol–water partition coefficient (Wildman–Crippen LogP) is 0.707. The molecule has 0 saturated carbocycles. The van der Waals surface area contributed by atoms with Crippen LogP contribution in [0.2, 0.25) is 0 Å². The Hall–Kier alpha value is -1.89. The van der Waals surface area contributed by atoms with Crippen LogP contribution < -0.4 is 0 Å². The summed E-state index contributed by atoms with van der Waals surface area (Å²) in [5.41, 5.74) is 1.56. The molecule has 0 spiro atoms. The zero-order chi connectivity index (χ0) is 14.8. The summed E-state index contributed by atoms with van der Waals surface area (Å²) in [6.07, 6.45) is 4.94. The summed E-state index contributed by atoms with van der Waals surface area (Å²) in [5.74, 6) is -1.14. The summed E-state index contributed by atoms with van der Waals surface area (Å²) in [4.78, 5) is 32.4. The molecule has 7 heteroatoms. The number of imidazole rings is 1. The molecule has 114 valence electrons. The molecule has 21 heavy (non-hydrogen) atoms. The highest BCUT2D eigenvalue weighted by atomic mass is 16.5. The van der Waals surface area contributed by atoms with Crippen molar-refractivity contribution >= 4 is 11.9 Å². The van der Waals surface area contributed by atoms with E-state index in [1.54, 1.807) is 6.33 Å². The van der Waals surface area contributed by atoms with Gasteiger partial charge in [-0.05, 0) is 19.3 Å². The summed E-state index contributed by atoms with van der Waals surface area (Å²) in [5, 5.41) is 9.36. The number of ether oxygens (including phenoxy) is 1. The van der Waals surface area contributed by atoms with E-state index in [2.05, 4.69) is 9.97 Å². The van der Waals surface area contributed by atoms with E-state index in [-0.39, 0.29) is 31.4 Å². The zero-order valence-electron chi connectivity index (χ0n) is 11.7. The van der Waals surface area contributed by atoms with E-state index in [0.29, 0.717) is 6.61 Å². The molecule has 1 amide bonds. The number of carbonyl (C=O) groups excluding carboxylic acids is 1. The summed E-state index contributed by atoms with van der Waals surface area (Å²) < 4.78 is 5.57. The van der Waals surface area contributed by atoms with E-state index < -0.39 is 12.0 Å². The minimum atomic E-state index is -0.985. The van der Waals surface area contributed by atoms with Crippen LogP contribution in [0.15, 0.2) is 6.33 Å². The molecule has 1 saturated heterocycles. The van der Waals surface area contributed by atoms with Crippen LogP contribution >= 0.6 is 0 Å². The fourth-order valence-corrected chi connectivity index (χ4v) is 3.00. The van der Waals surface area contributed by atoms with Gasteiger partial charge in [-0.25, -0.2) is 9.78 Å². The lowest BCUT2D eigenvalue weighted by molar-refractivity contribution is -0.153. The number of aliphatic carboxylic acids is 1. The number of amides is 1. The second-order valence-electron chi connectivity index (χ2n) is 5.60. The van der Waals surface area contributed by atoms with Gasteiger partial charge in [0.05, 0.1) is 36.8 Å². The molecule has 1 aromatic rings. The van der Waals surface area contributed by atoms with Gasteiger partial charge in [0.2, 0.25) is 5.91 Å². The van der Waals surface area contributed by atoms with E-state index >= 15 is 0 Å². The van der Waals surface area contributed by atoms with Gasteiger partial charge >= 0.3 is 5.97 Å². The SMILES string of the molecule is O=C(O)C1Cc2nc[nH]c2CN1C(=O)CC1CCCCO1. The fraction of sp³-hybridized carbons (Fsp3) is 0.643. The van der Waals surface area contributed by atoms with Gasteiger partial charge in [0, 0.05) is 13.0 Å². The summed E-state index contributed by atoms with van der Waals surface area (Å²) >= 11 is 0. The zero-order valence-corrected chi connectivity index (χ0v) is 11.7. The minimum absolute atomic E-state index is 0.0798. The Morgan fingerprint density at radius 1 is 1.48 bits per heavy atom. The smallest absolute Gasteiger partial charge is 0.326 e. The third kappa shape index (κ3) is 2.92. The average molecular weight is 293 g/mol. The Labute approximate surface area is 122 Å². The molecular weight excluding hydrogens is 274 g/mol. The molecule has 1 aromatic heterocycles. The number of rotatable bonds is 3. The van der Waals surface area contributed by atoms with E-state index in [1.165, 1.54) is 4.90 Å². The van der Waals surface area contributed by atoms with Gasteiger partial charge in [-0.1, -0.05) is 0 Å². The largest absolute Gasteiger partial charge is 0.480 e. The third-order valence-corrected chi connectivity index (χ3v) is 4.18. The molecule has 2 N–H and O–H groups in total. The van der Waals surface area contributed by atoms with Gasteiger partial charge in [0.1, 0.15) is 6.04 Å². The molecule has 0 aliphatic carbocycles. The second kappa shape index (κ2) is 5.85. The summed E-state index contributed by atoms with van der Waals surface area (Å²) in [7, 11) is 0. The van der Waals surface area contributed by atoms with E-state index in [9.17, 15) is 14.7 Å². The number of carboxylic acid groups (broad SMARTS) is 1. The fourth-order valence-electron chi connectivity index (χ4n) is 3.00. The van der Waals surface area contributed by atoms with Crippen LogP contribution in [0.4, 0.5) is 0 Å². The summed E-state index contributed by atoms with van der Waals surface area (Å²) in [6.45, 7) is 0.961. The number of H-pyrrole nitrogens is 1. The van der Waals surface area contributed by atoms with Crippen molar-refractivity contribution in [3.05, 3.63) is 17.7 Å². The number of hydrogen-bond donors (Lipinski definition) is 2. The molecule has 0 bridgehead atoms. The maximum absolute atomic E-state index is 12.5. The van der Waals surface area contributed by atoms with Crippen molar-refractivity contribution in [3.8, 4) is 0 Å². The molecule has 2 aliphatic heterocycles. The van der Waals surface area contributed by atoms with E-state index in [4.69, 9.17) is 4.74 Å². The van der Waals surface area contributed by atoms with Crippen LogP contribution in [-0.2, 0) is 27.3 Å². The first kappa shape index (κ1) is 14.1. The number of carbonyl (C=O) groups is 2. The maximum atomic E-state index is 12.5. The van der Waals surface area contributed by atoms with Crippen molar-refractivity contribution in [2.24, 2.45) is 0 Å². The Morgan fingerprint density at radius 3 is 3.05 bits per heavy atom. The quantitative estimate of drug-likeness (QED) is 0.855. The van der Waals surface area contributed by atoms with Gasteiger partial charge in [0.25, 0.3) is 0 Å². The molecule has 3 heterocycles. The number of nitrogens with zero attached hydrogens (tertiary/aromatic N) is 2. The molecule has 2 unspecified atom stereocenters. The van der Waals surface area contributed by atoms with Gasteiger partial charge < -0.3 is 19.7 Å². The lowest BCUT2D eigenvalue weighted by atomic mass is 10.0. The molecular formula is C14H19N3O4. The number of aromatic amines is 1. The third-order valence-electron chi connectivity index (χ3n) is 4.18. The van der Waals surface area contributed by atoms with Crippen molar-refractivity contribution in [2.75, 3.05) is 6.61 Å². The van der Waals surface area contributed by atoms with Crippen LogP contribution in [0, 0.1) is 0 Å². The molecule has 1 fully saturated rings. The van der Waals surface area contributed by atoms with E-state index in [1.807, 2.05) is 0 Å². The number of aromatic nitrogens is 2. The van der Waals surface area contributed by atoms with Crippen molar-refractivity contribution in [1.82, 2.24) is 14.9 Å². The highest BCUT2D eigenvalue weighted by molar-refractivity contribution is 5.84.